The van der Waals surface area contributed by atoms with Crippen molar-refractivity contribution in [3.8, 4) is 0 Å². The Morgan fingerprint density at radius 2 is 2.20 bits per heavy atom. The molecule has 0 spiro atoms. The van der Waals surface area contributed by atoms with Crippen molar-refractivity contribution < 1.29 is 19.2 Å². The molecule has 1 amide bonds. The molecular weight excluding hydrogens is 260 g/mol. The maximum atomic E-state index is 12.5. The number of aliphatic carboxylic acids is 1. The van der Waals surface area contributed by atoms with Crippen LogP contribution in [0.5, 0.6) is 0 Å². The van der Waals surface area contributed by atoms with Crippen LogP contribution in [0, 0.1) is 5.92 Å². The van der Waals surface area contributed by atoms with Crippen molar-refractivity contribution in [1.82, 2.24) is 10.1 Å². The molecule has 20 heavy (non-hydrogen) atoms. The van der Waals surface area contributed by atoms with Crippen molar-refractivity contribution in [2.75, 3.05) is 6.54 Å². The monoisotopic (exact) mass is 278 g/mol. The Kier molecular flexibility index (Phi) is 3.23. The summed E-state index contributed by atoms with van der Waals surface area (Å²) in [6, 6.07) is 1.46. The number of rotatable bonds is 4. The second kappa shape index (κ2) is 4.92. The van der Waals surface area contributed by atoms with Gasteiger partial charge in [0.05, 0.1) is 5.92 Å². The average Bonchev–Trinajstić information content (AvgIpc) is 2.98. The number of likely N-dealkylation sites (tertiary alicyclic amines) is 1. The van der Waals surface area contributed by atoms with Crippen molar-refractivity contribution in [2.24, 2.45) is 5.92 Å². The molecular formula is C14H18N2O4. The van der Waals surface area contributed by atoms with Crippen LogP contribution in [0.25, 0.3) is 0 Å². The summed E-state index contributed by atoms with van der Waals surface area (Å²) in [5.74, 6) is -0.451. The predicted molar refractivity (Wildman–Crippen MR) is 69.3 cm³/mol. The molecule has 2 unspecified atom stereocenters. The van der Waals surface area contributed by atoms with Crippen LogP contribution in [0.1, 0.15) is 54.8 Å². The quantitative estimate of drug-likeness (QED) is 0.909. The zero-order valence-electron chi connectivity index (χ0n) is 11.4. The van der Waals surface area contributed by atoms with Crippen molar-refractivity contribution >= 4 is 11.9 Å². The zero-order valence-corrected chi connectivity index (χ0v) is 11.4. The lowest BCUT2D eigenvalue weighted by atomic mass is 10.00. The summed E-state index contributed by atoms with van der Waals surface area (Å²) < 4.78 is 5.20. The van der Waals surface area contributed by atoms with Crippen molar-refractivity contribution in [2.45, 2.75) is 44.6 Å². The third kappa shape index (κ3) is 2.30. The van der Waals surface area contributed by atoms with Gasteiger partial charge in [0.25, 0.3) is 5.91 Å². The van der Waals surface area contributed by atoms with Crippen LogP contribution in [-0.2, 0) is 4.79 Å². The van der Waals surface area contributed by atoms with E-state index in [4.69, 9.17) is 9.63 Å². The highest BCUT2D eigenvalue weighted by Gasteiger charge is 2.38. The maximum absolute atomic E-state index is 12.5. The lowest BCUT2D eigenvalue weighted by molar-refractivity contribution is -0.142. The number of hydrogen-bond acceptors (Lipinski definition) is 4. The number of amides is 1. The molecule has 0 radical (unpaired) electrons. The van der Waals surface area contributed by atoms with Crippen LogP contribution in [0.4, 0.5) is 0 Å². The van der Waals surface area contributed by atoms with Gasteiger partial charge in [-0.2, -0.15) is 0 Å². The second-order valence-corrected chi connectivity index (χ2v) is 5.72. The van der Waals surface area contributed by atoms with Gasteiger partial charge in [0, 0.05) is 24.6 Å². The van der Waals surface area contributed by atoms with E-state index in [9.17, 15) is 9.59 Å². The Labute approximate surface area is 116 Å². The van der Waals surface area contributed by atoms with Gasteiger partial charge in [-0.25, -0.2) is 0 Å². The minimum atomic E-state index is -0.867. The minimum Gasteiger partial charge on any atom is -0.481 e. The van der Waals surface area contributed by atoms with Gasteiger partial charge in [0.15, 0.2) is 5.69 Å². The number of carboxylic acids is 1. The molecule has 2 heterocycles. The van der Waals surface area contributed by atoms with Crippen molar-refractivity contribution in [3.05, 3.63) is 17.5 Å². The van der Waals surface area contributed by atoms with Crippen molar-refractivity contribution in [3.63, 3.8) is 0 Å². The van der Waals surface area contributed by atoms with E-state index in [1.54, 1.807) is 17.9 Å². The van der Waals surface area contributed by atoms with E-state index < -0.39 is 11.9 Å². The molecule has 1 aliphatic heterocycles. The van der Waals surface area contributed by atoms with E-state index in [2.05, 4.69) is 5.16 Å². The molecule has 1 aliphatic carbocycles. The summed E-state index contributed by atoms with van der Waals surface area (Å²) in [5.41, 5.74) is 0.302. The first-order chi connectivity index (χ1) is 9.58. The number of carbonyl (C=O) groups is 2. The third-order valence-corrected chi connectivity index (χ3v) is 4.25. The summed E-state index contributed by atoms with van der Waals surface area (Å²) in [5, 5.41) is 13.0. The molecule has 1 saturated heterocycles. The summed E-state index contributed by atoms with van der Waals surface area (Å²) in [4.78, 5) is 25.2. The molecule has 0 bridgehead atoms. The first-order valence-corrected chi connectivity index (χ1v) is 7.08. The topological polar surface area (TPSA) is 83.6 Å². The molecule has 3 rings (SSSR count). The van der Waals surface area contributed by atoms with Gasteiger partial charge in [0.2, 0.25) is 0 Å². The Balaban J connectivity index is 1.75. The van der Waals surface area contributed by atoms with Gasteiger partial charge in [-0.05, 0) is 32.6 Å². The summed E-state index contributed by atoms with van der Waals surface area (Å²) in [6.45, 7) is 2.24. The van der Waals surface area contributed by atoms with E-state index in [0.717, 1.165) is 31.4 Å². The summed E-state index contributed by atoms with van der Waals surface area (Å²) >= 11 is 0. The number of carbonyl (C=O) groups excluding carboxylic acids is 1. The van der Waals surface area contributed by atoms with Crippen LogP contribution in [0.15, 0.2) is 10.6 Å². The molecule has 6 heteroatoms. The predicted octanol–water partition coefficient (Wildman–Crippen LogP) is 1.88. The van der Waals surface area contributed by atoms with Crippen LogP contribution < -0.4 is 0 Å². The van der Waals surface area contributed by atoms with E-state index >= 15 is 0 Å². The van der Waals surface area contributed by atoms with Crippen LogP contribution >= 0.6 is 0 Å². The SMILES string of the molecule is CC(C(=O)O)C1CCCN1C(=O)c1cc(C2CC2)on1. The van der Waals surface area contributed by atoms with Crippen LogP contribution in [0.2, 0.25) is 0 Å². The average molecular weight is 278 g/mol. The fourth-order valence-electron chi connectivity index (χ4n) is 2.83. The van der Waals surface area contributed by atoms with Crippen molar-refractivity contribution in [1.29, 1.82) is 0 Å². The smallest absolute Gasteiger partial charge is 0.308 e. The third-order valence-electron chi connectivity index (χ3n) is 4.25. The fraction of sp³-hybridized carbons (Fsp3) is 0.643. The standard InChI is InChI=1S/C14H18N2O4/c1-8(14(18)19)11-3-2-6-16(11)13(17)10-7-12(20-15-10)9-4-5-9/h7-9,11H,2-6H2,1H3,(H,18,19). The molecule has 2 aliphatic rings. The van der Waals surface area contributed by atoms with E-state index in [0.29, 0.717) is 18.2 Å². The molecule has 1 saturated carbocycles. The molecule has 2 atom stereocenters. The van der Waals surface area contributed by atoms with E-state index in [-0.39, 0.29) is 11.9 Å². The highest BCUT2D eigenvalue weighted by molar-refractivity contribution is 5.93. The number of hydrogen-bond donors (Lipinski definition) is 1. The Hall–Kier alpha value is -1.85. The molecule has 108 valence electrons. The summed E-state index contributed by atoms with van der Waals surface area (Å²) in [7, 11) is 0. The summed E-state index contributed by atoms with van der Waals surface area (Å²) in [6.07, 6.45) is 3.74. The molecule has 0 aromatic carbocycles. The van der Waals surface area contributed by atoms with Gasteiger partial charge >= 0.3 is 5.97 Å². The van der Waals surface area contributed by atoms with Gasteiger partial charge in [-0.1, -0.05) is 5.16 Å². The Morgan fingerprint density at radius 3 is 2.85 bits per heavy atom. The Bertz CT molecular complexity index is 535. The van der Waals surface area contributed by atoms with Gasteiger partial charge in [-0.3, -0.25) is 9.59 Å². The first-order valence-electron chi connectivity index (χ1n) is 7.08. The fourth-order valence-corrected chi connectivity index (χ4v) is 2.83. The minimum absolute atomic E-state index is 0.212. The number of aromatic nitrogens is 1. The second-order valence-electron chi connectivity index (χ2n) is 5.72. The Morgan fingerprint density at radius 1 is 1.45 bits per heavy atom. The highest BCUT2D eigenvalue weighted by Crippen LogP contribution is 2.40. The molecule has 6 nitrogen and oxygen atoms in total. The lowest BCUT2D eigenvalue weighted by Gasteiger charge is -2.26. The largest absolute Gasteiger partial charge is 0.481 e. The van der Waals surface area contributed by atoms with Gasteiger partial charge in [0.1, 0.15) is 5.76 Å². The lowest BCUT2D eigenvalue weighted by Crippen LogP contribution is -2.41. The van der Waals surface area contributed by atoms with E-state index in [1.807, 2.05) is 0 Å². The molecule has 1 aromatic heterocycles. The van der Waals surface area contributed by atoms with Crippen LogP contribution in [0.3, 0.4) is 0 Å². The van der Waals surface area contributed by atoms with E-state index in [1.165, 1.54) is 0 Å². The molecule has 1 aromatic rings. The highest BCUT2D eigenvalue weighted by atomic mass is 16.5. The normalized spacial score (nSPS) is 23.9. The zero-order chi connectivity index (χ0) is 14.3. The first kappa shape index (κ1) is 13.1. The van der Waals surface area contributed by atoms with Crippen LogP contribution in [-0.4, -0.2) is 39.6 Å². The molecule has 1 N–H and O–H groups in total. The van der Waals surface area contributed by atoms with Gasteiger partial charge < -0.3 is 14.5 Å². The number of carboxylic acid groups (broad SMARTS) is 1. The maximum Gasteiger partial charge on any atom is 0.308 e. The molecule has 2 fully saturated rings. The number of nitrogens with zero attached hydrogens (tertiary/aromatic N) is 2. The van der Waals surface area contributed by atoms with Gasteiger partial charge in [-0.15, -0.1) is 0 Å².